The van der Waals surface area contributed by atoms with E-state index < -0.39 is 17.4 Å². The molecule has 0 bridgehead atoms. The predicted octanol–water partition coefficient (Wildman–Crippen LogP) is 2.61. The summed E-state index contributed by atoms with van der Waals surface area (Å²) >= 11 is 8.00. The lowest BCUT2D eigenvalue weighted by Crippen LogP contribution is -2.54. The number of benzene rings is 1. The summed E-state index contributed by atoms with van der Waals surface area (Å²) in [5, 5.41) is 6.72. The Balaban J connectivity index is 1.86. The van der Waals surface area contributed by atoms with E-state index in [-0.39, 0.29) is 29.8 Å². The minimum absolute atomic E-state index is 0.164. The summed E-state index contributed by atoms with van der Waals surface area (Å²) in [6.45, 7) is 3.84. The molecule has 0 aliphatic carbocycles. The van der Waals surface area contributed by atoms with Crippen LogP contribution in [-0.2, 0) is 19.9 Å². The molecule has 8 heteroatoms. The standard InChI is InChI=1S/C20H24ClN3O3S/c1-4-10(2)24-17(25)14-13(8-9-28-3)23-20(15(14)18(24)26)11-6-5-7-12(21)16(11)22-19(20)27/h5-7,10,13-15,23H,4,8-9H2,1-3H3,(H,22,27)/t10-,13-,14+,15-,20+/m0/s1. The van der Waals surface area contributed by atoms with Gasteiger partial charge in [-0.2, -0.15) is 11.8 Å². The van der Waals surface area contributed by atoms with E-state index in [0.717, 1.165) is 5.75 Å². The molecule has 0 unspecified atom stereocenters. The molecule has 3 aliphatic heterocycles. The average molecular weight is 422 g/mol. The number of anilines is 1. The summed E-state index contributed by atoms with van der Waals surface area (Å²) in [5.74, 6) is -1.17. The van der Waals surface area contributed by atoms with Crippen LogP contribution >= 0.6 is 23.4 Å². The van der Waals surface area contributed by atoms with Gasteiger partial charge < -0.3 is 5.32 Å². The second-order valence-corrected chi connectivity index (χ2v) is 9.16. The number of likely N-dealkylation sites (tertiary alicyclic amines) is 1. The highest BCUT2D eigenvalue weighted by Crippen LogP contribution is 2.54. The Kier molecular flexibility index (Phi) is 4.96. The summed E-state index contributed by atoms with van der Waals surface area (Å²) in [7, 11) is 0. The van der Waals surface area contributed by atoms with Gasteiger partial charge in [0.25, 0.3) is 0 Å². The molecule has 150 valence electrons. The van der Waals surface area contributed by atoms with Crippen molar-refractivity contribution in [2.75, 3.05) is 17.3 Å². The summed E-state index contributed by atoms with van der Waals surface area (Å²) in [6.07, 6.45) is 3.40. The Morgan fingerprint density at radius 1 is 1.29 bits per heavy atom. The maximum Gasteiger partial charge on any atom is 0.250 e. The van der Waals surface area contributed by atoms with Crippen LogP contribution in [0.5, 0.6) is 0 Å². The number of imide groups is 1. The largest absolute Gasteiger partial charge is 0.323 e. The van der Waals surface area contributed by atoms with E-state index in [1.54, 1.807) is 23.9 Å². The van der Waals surface area contributed by atoms with Crippen molar-refractivity contribution < 1.29 is 14.4 Å². The molecule has 0 saturated carbocycles. The van der Waals surface area contributed by atoms with Crippen LogP contribution in [0.3, 0.4) is 0 Å². The van der Waals surface area contributed by atoms with Crippen LogP contribution in [0.1, 0.15) is 32.3 Å². The summed E-state index contributed by atoms with van der Waals surface area (Å²) < 4.78 is 0. The third-order valence-corrected chi connectivity index (χ3v) is 7.36. The van der Waals surface area contributed by atoms with Crippen molar-refractivity contribution in [3.8, 4) is 0 Å². The van der Waals surface area contributed by atoms with Crippen molar-refractivity contribution in [2.45, 2.75) is 44.3 Å². The highest BCUT2D eigenvalue weighted by atomic mass is 35.5. The number of hydrogen-bond acceptors (Lipinski definition) is 5. The smallest absolute Gasteiger partial charge is 0.250 e. The number of para-hydroxylation sites is 1. The number of rotatable bonds is 5. The highest BCUT2D eigenvalue weighted by molar-refractivity contribution is 7.98. The lowest BCUT2D eigenvalue weighted by atomic mass is 9.76. The topological polar surface area (TPSA) is 78.5 Å². The zero-order chi connectivity index (χ0) is 20.2. The third kappa shape index (κ3) is 2.49. The van der Waals surface area contributed by atoms with Gasteiger partial charge >= 0.3 is 0 Å². The van der Waals surface area contributed by atoms with Crippen molar-refractivity contribution >= 4 is 46.8 Å². The van der Waals surface area contributed by atoms with Crippen molar-refractivity contribution in [2.24, 2.45) is 11.8 Å². The predicted molar refractivity (Wildman–Crippen MR) is 110 cm³/mol. The van der Waals surface area contributed by atoms with Gasteiger partial charge in [0.2, 0.25) is 17.7 Å². The van der Waals surface area contributed by atoms with E-state index in [4.69, 9.17) is 11.6 Å². The normalized spacial score (nSPS) is 32.1. The summed E-state index contributed by atoms with van der Waals surface area (Å²) in [5.41, 5.74) is -0.0462. The Hall–Kier alpha value is -1.57. The van der Waals surface area contributed by atoms with E-state index >= 15 is 0 Å². The molecule has 2 fully saturated rings. The first kappa shape index (κ1) is 19.7. The van der Waals surface area contributed by atoms with Crippen molar-refractivity contribution in [3.05, 3.63) is 28.8 Å². The molecule has 2 N–H and O–H groups in total. The number of amides is 3. The SMILES string of the molecule is CC[C@H](C)N1C(=O)[C@@H]2[C@H](CCSC)N[C@@]3(C(=O)Nc4c(Cl)cccc43)[C@@H]2C1=O. The Morgan fingerprint density at radius 2 is 2.04 bits per heavy atom. The van der Waals surface area contributed by atoms with Crippen LogP contribution in [0.2, 0.25) is 5.02 Å². The molecule has 1 aromatic carbocycles. The first-order valence-electron chi connectivity index (χ1n) is 9.62. The molecular formula is C20H24ClN3O3S. The molecule has 28 heavy (non-hydrogen) atoms. The molecule has 3 heterocycles. The van der Waals surface area contributed by atoms with Gasteiger partial charge in [-0.25, -0.2) is 0 Å². The van der Waals surface area contributed by atoms with E-state index in [2.05, 4.69) is 10.6 Å². The van der Waals surface area contributed by atoms with Crippen LogP contribution in [0.25, 0.3) is 0 Å². The minimum Gasteiger partial charge on any atom is -0.323 e. The van der Waals surface area contributed by atoms with Crippen LogP contribution in [-0.4, -0.2) is 46.7 Å². The lowest BCUT2D eigenvalue weighted by molar-refractivity contribution is -0.145. The van der Waals surface area contributed by atoms with Gasteiger partial charge in [0.1, 0.15) is 5.54 Å². The van der Waals surface area contributed by atoms with Gasteiger partial charge in [-0.15, -0.1) is 0 Å². The first-order chi connectivity index (χ1) is 13.4. The van der Waals surface area contributed by atoms with Crippen molar-refractivity contribution in [3.63, 3.8) is 0 Å². The Bertz CT molecular complexity index is 863. The number of nitrogens with zero attached hydrogens (tertiary/aromatic N) is 1. The number of halogens is 1. The van der Waals surface area contributed by atoms with Gasteiger partial charge in [0.15, 0.2) is 0 Å². The van der Waals surface area contributed by atoms with Crippen molar-refractivity contribution in [1.29, 1.82) is 0 Å². The van der Waals surface area contributed by atoms with Gasteiger partial charge in [-0.3, -0.25) is 24.6 Å². The average Bonchev–Trinajstić information content (AvgIpc) is 3.26. The second kappa shape index (κ2) is 7.04. The number of hydrogen-bond donors (Lipinski definition) is 2. The number of fused-ring (bicyclic) bond motifs is 4. The molecule has 5 atom stereocenters. The first-order valence-corrected chi connectivity index (χ1v) is 11.4. The molecule has 4 rings (SSSR count). The fraction of sp³-hybridized carbons (Fsp3) is 0.550. The fourth-order valence-electron chi connectivity index (χ4n) is 4.93. The molecule has 1 aromatic rings. The fourth-order valence-corrected chi connectivity index (χ4v) is 5.64. The highest BCUT2D eigenvalue weighted by Gasteiger charge is 2.70. The molecular weight excluding hydrogens is 398 g/mol. The minimum atomic E-state index is -1.25. The number of carbonyl (C=O) groups excluding carboxylic acids is 3. The molecule has 0 aromatic heterocycles. The van der Waals surface area contributed by atoms with E-state index in [0.29, 0.717) is 29.1 Å². The van der Waals surface area contributed by atoms with Crippen LogP contribution in [0.15, 0.2) is 18.2 Å². The lowest BCUT2D eigenvalue weighted by Gasteiger charge is -2.31. The van der Waals surface area contributed by atoms with Crippen molar-refractivity contribution in [1.82, 2.24) is 10.2 Å². The zero-order valence-electron chi connectivity index (χ0n) is 16.1. The third-order valence-electron chi connectivity index (χ3n) is 6.40. The van der Waals surface area contributed by atoms with Gasteiger partial charge in [0, 0.05) is 17.6 Å². The van der Waals surface area contributed by atoms with Crippen LogP contribution in [0.4, 0.5) is 5.69 Å². The van der Waals surface area contributed by atoms with Crippen LogP contribution in [0, 0.1) is 11.8 Å². The molecule has 3 aliphatic rings. The van der Waals surface area contributed by atoms with E-state index in [1.807, 2.05) is 26.2 Å². The van der Waals surface area contributed by atoms with Gasteiger partial charge in [0.05, 0.1) is 22.5 Å². The molecule has 1 spiro atoms. The zero-order valence-corrected chi connectivity index (χ0v) is 17.7. The molecule has 2 saturated heterocycles. The maximum atomic E-state index is 13.5. The van der Waals surface area contributed by atoms with Gasteiger partial charge in [-0.1, -0.05) is 30.7 Å². The molecule has 0 radical (unpaired) electrons. The summed E-state index contributed by atoms with van der Waals surface area (Å²) in [4.78, 5) is 41.4. The Labute approximate surface area is 173 Å². The summed E-state index contributed by atoms with van der Waals surface area (Å²) in [6, 6.07) is 4.89. The van der Waals surface area contributed by atoms with Crippen LogP contribution < -0.4 is 10.6 Å². The monoisotopic (exact) mass is 421 g/mol. The number of thioether (sulfide) groups is 1. The molecule has 3 amide bonds. The van der Waals surface area contributed by atoms with E-state index in [9.17, 15) is 14.4 Å². The van der Waals surface area contributed by atoms with Gasteiger partial charge in [-0.05, 0) is 37.8 Å². The van der Waals surface area contributed by atoms with E-state index in [1.165, 1.54) is 4.90 Å². The second-order valence-electron chi connectivity index (χ2n) is 7.76. The maximum absolute atomic E-state index is 13.5. The Morgan fingerprint density at radius 3 is 2.71 bits per heavy atom. The number of carbonyl (C=O) groups is 3. The molecule has 6 nitrogen and oxygen atoms in total. The quantitative estimate of drug-likeness (QED) is 0.714. The number of nitrogens with one attached hydrogen (secondary N) is 2.